The molecule has 1 amide bonds. The second-order valence-corrected chi connectivity index (χ2v) is 6.35. The van der Waals surface area contributed by atoms with E-state index in [-0.39, 0.29) is 11.8 Å². The number of aromatic nitrogens is 1. The number of likely N-dealkylation sites (tertiary alicyclic amines) is 1. The molecule has 2 saturated heterocycles. The van der Waals surface area contributed by atoms with Crippen LogP contribution in [0.15, 0.2) is 24.4 Å². The molecule has 1 unspecified atom stereocenters. The van der Waals surface area contributed by atoms with Crippen molar-refractivity contribution in [3.63, 3.8) is 0 Å². The minimum atomic E-state index is 0.132. The first-order chi connectivity index (χ1) is 10.8. The van der Waals surface area contributed by atoms with Crippen LogP contribution < -0.4 is 10.6 Å². The highest BCUT2D eigenvalue weighted by Gasteiger charge is 2.30. The van der Waals surface area contributed by atoms with Gasteiger partial charge < -0.3 is 10.6 Å². The Balaban J connectivity index is 1.49. The summed E-state index contributed by atoms with van der Waals surface area (Å²) in [6, 6.07) is 6.45. The molecule has 0 aromatic carbocycles. The lowest BCUT2D eigenvalue weighted by molar-refractivity contribution is -0.127. The number of hydrogen-bond donors (Lipinski definition) is 2. The molecule has 3 heterocycles. The summed E-state index contributed by atoms with van der Waals surface area (Å²) in [6.45, 7) is 4.81. The van der Waals surface area contributed by atoms with Gasteiger partial charge in [-0.15, -0.1) is 0 Å². The summed E-state index contributed by atoms with van der Waals surface area (Å²) in [5.41, 5.74) is 0.918. The van der Waals surface area contributed by atoms with E-state index in [9.17, 15) is 4.79 Å². The Hall–Kier alpha value is -1.46. The zero-order valence-corrected chi connectivity index (χ0v) is 13.1. The van der Waals surface area contributed by atoms with Gasteiger partial charge in [-0.05, 0) is 57.5 Å². The van der Waals surface area contributed by atoms with Crippen LogP contribution >= 0.6 is 0 Å². The molecule has 120 valence electrons. The molecule has 3 rings (SSSR count). The van der Waals surface area contributed by atoms with Crippen molar-refractivity contribution in [2.45, 2.75) is 38.3 Å². The molecule has 0 bridgehead atoms. The molecule has 1 aromatic rings. The zero-order chi connectivity index (χ0) is 15.2. The molecule has 5 nitrogen and oxygen atoms in total. The van der Waals surface area contributed by atoms with E-state index in [1.807, 2.05) is 18.2 Å². The molecule has 1 aromatic heterocycles. The van der Waals surface area contributed by atoms with Crippen molar-refractivity contribution in [1.29, 1.82) is 0 Å². The number of pyridine rings is 1. The Kier molecular flexibility index (Phi) is 5.40. The van der Waals surface area contributed by atoms with Gasteiger partial charge in [0.15, 0.2) is 0 Å². The normalized spacial score (nSPS) is 24.1. The highest BCUT2D eigenvalue weighted by Crippen LogP contribution is 2.22. The van der Waals surface area contributed by atoms with Crippen molar-refractivity contribution < 1.29 is 4.79 Å². The van der Waals surface area contributed by atoms with Gasteiger partial charge in [-0.1, -0.05) is 6.07 Å². The van der Waals surface area contributed by atoms with E-state index in [1.165, 1.54) is 12.8 Å². The van der Waals surface area contributed by atoms with Crippen LogP contribution in [0.5, 0.6) is 0 Å². The lowest BCUT2D eigenvalue weighted by Gasteiger charge is -2.39. The first-order valence-corrected chi connectivity index (χ1v) is 8.45. The van der Waals surface area contributed by atoms with Gasteiger partial charge in [-0.2, -0.15) is 0 Å². The van der Waals surface area contributed by atoms with E-state index >= 15 is 0 Å². The lowest BCUT2D eigenvalue weighted by Crippen LogP contribution is -2.50. The maximum Gasteiger partial charge on any atom is 0.224 e. The molecule has 2 aliphatic heterocycles. The summed E-state index contributed by atoms with van der Waals surface area (Å²) >= 11 is 0. The average Bonchev–Trinajstić information content (AvgIpc) is 2.61. The Labute approximate surface area is 132 Å². The summed E-state index contributed by atoms with van der Waals surface area (Å²) < 4.78 is 0. The van der Waals surface area contributed by atoms with E-state index < -0.39 is 0 Å². The van der Waals surface area contributed by atoms with Crippen molar-refractivity contribution >= 4 is 5.91 Å². The standard InChI is InChI=1S/C17H26N4O/c22-17(20-12-15-5-1-2-8-19-15)14-4-3-11-21(13-14)16-6-9-18-10-7-16/h1-2,5,8,14,16,18H,3-4,6-7,9-13H2,(H,20,22). The number of nitrogens with zero attached hydrogens (tertiary/aromatic N) is 2. The van der Waals surface area contributed by atoms with Crippen molar-refractivity contribution in [2.24, 2.45) is 5.92 Å². The summed E-state index contributed by atoms with van der Waals surface area (Å²) in [5.74, 6) is 0.316. The molecule has 0 spiro atoms. The lowest BCUT2D eigenvalue weighted by atomic mass is 9.93. The molecule has 0 radical (unpaired) electrons. The number of nitrogens with one attached hydrogen (secondary N) is 2. The van der Waals surface area contributed by atoms with Gasteiger partial charge in [-0.3, -0.25) is 14.7 Å². The van der Waals surface area contributed by atoms with Crippen molar-refractivity contribution in [2.75, 3.05) is 26.2 Å². The smallest absolute Gasteiger partial charge is 0.224 e. The molecule has 1 atom stereocenters. The highest BCUT2D eigenvalue weighted by molar-refractivity contribution is 5.78. The topological polar surface area (TPSA) is 57.3 Å². The molecule has 2 aliphatic rings. The first-order valence-electron chi connectivity index (χ1n) is 8.45. The predicted octanol–water partition coefficient (Wildman–Crippen LogP) is 1.16. The molecule has 2 N–H and O–H groups in total. The van der Waals surface area contributed by atoms with Crippen LogP contribution in [0, 0.1) is 5.92 Å². The number of hydrogen-bond acceptors (Lipinski definition) is 4. The number of piperidine rings is 2. The van der Waals surface area contributed by atoms with E-state index in [0.717, 1.165) is 44.7 Å². The zero-order valence-electron chi connectivity index (χ0n) is 13.1. The number of amides is 1. The van der Waals surface area contributed by atoms with Gasteiger partial charge in [0.25, 0.3) is 0 Å². The Morgan fingerprint density at radius 1 is 1.32 bits per heavy atom. The van der Waals surface area contributed by atoms with E-state index in [0.29, 0.717) is 12.6 Å². The predicted molar refractivity (Wildman–Crippen MR) is 86.3 cm³/mol. The van der Waals surface area contributed by atoms with Gasteiger partial charge in [0, 0.05) is 18.8 Å². The average molecular weight is 302 g/mol. The monoisotopic (exact) mass is 302 g/mol. The van der Waals surface area contributed by atoms with E-state index in [4.69, 9.17) is 0 Å². The van der Waals surface area contributed by atoms with Crippen LogP contribution in [0.3, 0.4) is 0 Å². The summed E-state index contributed by atoms with van der Waals surface area (Å²) in [6.07, 6.45) is 6.33. The van der Waals surface area contributed by atoms with Crippen LogP contribution in [-0.2, 0) is 11.3 Å². The molecule has 5 heteroatoms. The third-order valence-electron chi connectivity index (χ3n) is 4.82. The molecular formula is C17H26N4O. The molecule has 2 fully saturated rings. The molecule has 22 heavy (non-hydrogen) atoms. The molecule has 0 aliphatic carbocycles. The SMILES string of the molecule is O=C(NCc1ccccn1)C1CCCN(C2CCNCC2)C1. The van der Waals surface area contributed by atoms with Crippen LogP contribution in [-0.4, -0.2) is 48.0 Å². The maximum absolute atomic E-state index is 12.4. The third kappa shape index (κ3) is 4.05. The fourth-order valence-corrected chi connectivity index (χ4v) is 3.55. The van der Waals surface area contributed by atoms with E-state index in [1.54, 1.807) is 6.20 Å². The van der Waals surface area contributed by atoms with Crippen molar-refractivity contribution in [1.82, 2.24) is 20.5 Å². The fraction of sp³-hybridized carbons (Fsp3) is 0.647. The van der Waals surface area contributed by atoms with Gasteiger partial charge in [0.05, 0.1) is 18.2 Å². The fourth-order valence-electron chi connectivity index (χ4n) is 3.55. The van der Waals surface area contributed by atoms with Gasteiger partial charge in [0.1, 0.15) is 0 Å². The van der Waals surface area contributed by atoms with Gasteiger partial charge in [-0.25, -0.2) is 0 Å². The quantitative estimate of drug-likeness (QED) is 0.876. The third-order valence-corrected chi connectivity index (χ3v) is 4.82. The highest BCUT2D eigenvalue weighted by atomic mass is 16.1. The van der Waals surface area contributed by atoms with Crippen molar-refractivity contribution in [3.8, 4) is 0 Å². The Morgan fingerprint density at radius 2 is 2.18 bits per heavy atom. The van der Waals surface area contributed by atoms with Crippen LogP contribution in [0.1, 0.15) is 31.4 Å². The summed E-state index contributed by atoms with van der Waals surface area (Å²) in [4.78, 5) is 19.2. The van der Waals surface area contributed by atoms with Gasteiger partial charge >= 0.3 is 0 Å². The van der Waals surface area contributed by atoms with Gasteiger partial charge in [0.2, 0.25) is 5.91 Å². The second kappa shape index (κ2) is 7.70. The summed E-state index contributed by atoms with van der Waals surface area (Å²) in [7, 11) is 0. The van der Waals surface area contributed by atoms with Crippen LogP contribution in [0.25, 0.3) is 0 Å². The number of carbonyl (C=O) groups is 1. The van der Waals surface area contributed by atoms with E-state index in [2.05, 4.69) is 20.5 Å². The Morgan fingerprint density at radius 3 is 2.95 bits per heavy atom. The second-order valence-electron chi connectivity index (χ2n) is 6.35. The number of rotatable bonds is 4. The van der Waals surface area contributed by atoms with Crippen LogP contribution in [0.2, 0.25) is 0 Å². The molecule has 0 saturated carbocycles. The minimum absolute atomic E-state index is 0.132. The molecular weight excluding hydrogens is 276 g/mol. The minimum Gasteiger partial charge on any atom is -0.350 e. The maximum atomic E-state index is 12.4. The largest absolute Gasteiger partial charge is 0.350 e. The summed E-state index contributed by atoms with van der Waals surface area (Å²) in [5, 5.41) is 6.47. The van der Waals surface area contributed by atoms with Crippen molar-refractivity contribution in [3.05, 3.63) is 30.1 Å². The van der Waals surface area contributed by atoms with Crippen LogP contribution in [0.4, 0.5) is 0 Å². The number of carbonyl (C=O) groups excluding carboxylic acids is 1. The first kappa shape index (κ1) is 15.4. The Bertz CT molecular complexity index is 473.